The summed E-state index contributed by atoms with van der Waals surface area (Å²) in [6.07, 6.45) is 0. The standard InChI is InChI=1S/C8H17NO2SSi/c1-4-10-13(3,11-5-2)7-6-9-8-12/h4-7H2,1-3H3. The lowest BCUT2D eigenvalue weighted by molar-refractivity contribution is 0.189. The third kappa shape index (κ3) is 6.07. The Morgan fingerprint density at radius 3 is 2.23 bits per heavy atom. The van der Waals surface area contributed by atoms with Gasteiger partial charge in [-0.05, 0) is 32.6 Å². The molecule has 5 heteroatoms. The van der Waals surface area contributed by atoms with Gasteiger partial charge in [0.2, 0.25) is 0 Å². The predicted octanol–water partition coefficient (Wildman–Crippen LogP) is 2.23. The number of hydrogen-bond donors (Lipinski definition) is 0. The summed E-state index contributed by atoms with van der Waals surface area (Å²) in [4.78, 5) is 3.86. The second-order valence-electron chi connectivity index (χ2n) is 2.72. The zero-order valence-corrected chi connectivity index (χ0v) is 10.3. The summed E-state index contributed by atoms with van der Waals surface area (Å²) in [5.74, 6) is 0. The van der Waals surface area contributed by atoms with Gasteiger partial charge in [0.25, 0.3) is 0 Å². The van der Waals surface area contributed by atoms with Crippen molar-refractivity contribution in [1.82, 2.24) is 0 Å². The Bertz CT molecular complexity index is 177. The van der Waals surface area contributed by atoms with Gasteiger partial charge in [0.05, 0.1) is 11.7 Å². The average molecular weight is 219 g/mol. The Balaban J connectivity index is 3.97. The van der Waals surface area contributed by atoms with E-state index in [0.29, 0.717) is 19.8 Å². The molecule has 76 valence electrons. The van der Waals surface area contributed by atoms with Crippen molar-refractivity contribution in [2.75, 3.05) is 19.8 Å². The highest BCUT2D eigenvalue weighted by atomic mass is 32.1. The maximum absolute atomic E-state index is 5.61. The van der Waals surface area contributed by atoms with Gasteiger partial charge in [-0.15, -0.1) is 0 Å². The monoisotopic (exact) mass is 219 g/mol. The van der Waals surface area contributed by atoms with Gasteiger partial charge >= 0.3 is 8.56 Å². The highest BCUT2D eigenvalue weighted by molar-refractivity contribution is 7.78. The molecule has 0 spiro atoms. The molecule has 0 aliphatic carbocycles. The molecular weight excluding hydrogens is 202 g/mol. The first-order valence-corrected chi connectivity index (χ1v) is 7.43. The molecule has 0 rings (SSSR count). The Hall–Kier alpha value is -0.0631. The summed E-state index contributed by atoms with van der Waals surface area (Å²) in [6, 6.07) is 0.846. The fraction of sp³-hybridized carbons (Fsp3) is 0.875. The van der Waals surface area contributed by atoms with Gasteiger partial charge in [-0.25, -0.2) is 4.99 Å². The zero-order chi connectivity index (χ0) is 10.2. The second-order valence-corrected chi connectivity index (χ2v) is 6.25. The van der Waals surface area contributed by atoms with Crippen LogP contribution in [0.25, 0.3) is 0 Å². The van der Waals surface area contributed by atoms with Gasteiger partial charge in [0, 0.05) is 19.3 Å². The van der Waals surface area contributed by atoms with Crippen LogP contribution >= 0.6 is 12.2 Å². The van der Waals surface area contributed by atoms with Gasteiger partial charge in [-0.3, -0.25) is 0 Å². The van der Waals surface area contributed by atoms with Crippen LogP contribution in [0, 0.1) is 0 Å². The van der Waals surface area contributed by atoms with Crippen LogP contribution in [-0.2, 0) is 8.85 Å². The number of nitrogens with zero attached hydrogens (tertiary/aromatic N) is 1. The molecule has 0 radical (unpaired) electrons. The molecule has 0 heterocycles. The molecule has 0 amide bonds. The van der Waals surface area contributed by atoms with E-state index in [1.165, 1.54) is 0 Å². The van der Waals surface area contributed by atoms with Crippen LogP contribution in [0.3, 0.4) is 0 Å². The Morgan fingerprint density at radius 2 is 1.85 bits per heavy atom. The van der Waals surface area contributed by atoms with Crippen LogP contribution in [0.2, 0.25) is 12.6 Å². The number of thiocarbonyl (C=S) groups is 1. The van der Waals surface area contributed by atoms with Gasteiger partial charge < -0.3 is 8.85 Å². The third-order valence-electron chi connectivity index (χ3n) is 1.64. The zero-order valence-electron chi connectivity index (χ0n) is 8.50. The van der Waals surface area contributed by atoms with E-state index in [2.05, 4.69) is 28.9 Å². The summed E-state index contributed by atoms with van der Waals surface area (Å²) < 4.78 is 11.2. The van der Waals surface area contributed by atoms with Crippen molar-refractivity contribution < 1.29 is 8.85 Å². The van der Waals surface area contributed by atoms with Crippen molar-refractivity contribution in [1.29, 1.82) is 0 Å². The van der Waals surface area contributed by atoms with Gasteiger partial charge in [-0.1, -0.05) is 0 Å². The smallest absolute Gasteiger partial charge is 0.336 e. The van der Waals surface area contributed by atoms with E-state index in [4.69, 9.17) is 8.85 Å². The number of aliphatic imine (C=N–C) groups is 1. The van der Waals surface area contributed by atoms with E-state index < -0.39 is 8.56 Å². The van der Waals surface area contributed by atoms with Gasteiger partial charge in [-0.2, -0.15) is 0 Å². The predicted molar refractivity (Wildman–Crippen MR) is 59.6 cm³/mol. The van der Waals surface area contributed by atoms with Crippen molar-refractivity contribution in [3.8, 4) is 0 Å². The summed E-state index contributed by atoms with van der Waals surface area (Å²) in [7, 11) is -1.97. The summed E-state index contributed by atoms with van der Waals surface area (Å²) in [5, 5.41) is 2.34. The SMILES string of the molecule is CCO[Si](C)(CCN=C=S)OCC. The van der Waals surface area contributed by atoms with Crippen LogP contribution in [0.5, 0.6) is 0 Å². The molecule has 3 nitrogen and oxygen atoms in total. The van der Waals surface area contributed by atoms with E-state index in [1.54, 1.807) is 0 Å². The second kappa shape index (κ2) is 7.35. The van der Waals surface area contributed by atoms with Crippen molar-refractivity contribution in [2.45, 2.75) is 26.4 Å². The Labute approximate surface area is 86.4 Å². The highest BCUT2D eigenvalue weighted by Crippen LogP contribution is 2.13. The minimum absolute atomic E-state index is 0.659. The lowest BCUT2D eigenvalue weighted by Gasteiger charge is -2.24. The van der Waals surface area contributed by atoms with Crippen LogP contribution in [0.15, 0.2) is 4.99 Å². The van der Waals surface area contributed by atoms with Crippen LogP contribution in [0.4, 0.5) is 0 Å². The van der Waals surface area contributed by atoms with Crippen LogP contribution in [-0.4, -0.2) is 33.5 Å². The van der Waals surface area contributed by atoms with E-state index in [9.17, 15) is 0 Å². The summed E-state index contributed by atoms with van der Waals surface area (Å²) >= 11 is 4.49. The van der Waals surface area contributed by atoms with Crippen molar-refractivity contribution >= 4 is 25.9 Å². The molecule has 0 aromatic heterocycles. The quantitative estimate of drug-likeness (QED) is 0.374. The Kier molecular flexibility index (Phi) is 7.32. The van der Waals surface area contributed by atoms with Crippen molar-refractivity contribution in [3.63, 3.8) is 0 Å². The largest absolute Gasteiger partial charge is 0.395 e. The first-order chi connectivity index (χ1) is 6.18. The molecule has 0 aromatic rings. The summed E-state index contributed by atoms with van der Waals surface area (Å²) in [5.41, 5.74) is 0. The number of hydrogen-bond acceptors (Lipinski definition) is 4. The van der Waals surface area contributed by atoms with E-state index in [1.807, 2.05) is 13.8 Å². The van der Waals surface area contributed by atoms with Crippen LogP contribution in [0.1, 0.15) is 13.8 Å². The highest BCUT2D eigenvalue weighted by Gasteiger charge is 2.29. The molecule has 0 saturated carbocycles. The third-order valence-corrected chi connectivity index (χ3v) is 4.70. The summed E-state index contributed by atoms with van der Waals surface area (Å²) in [6.45, 7) is 8.07. The lowest BCUT2D eigenvalue weighted by atomic mass is 10.8. The molecule has 13 heavy (non-hydrogen) atoms. The number of isothiocyanates is 1. The molecule has 0 unspecified atom stereocenters. The minimum atomic E-state index is -1.97. The van der Waals surface area contributed by atoms with Gasteiger partial charge in [0.15, 0.2) is 0 Å². The molecule has 0 fully saturated rings. The molecule has 0 aromatic carbocycles. The normalized spacial score (nSPS) is 11.0. The first-order valence-electron chi connectivity index (χ1n) is 4.50. The Morgan fingerprint density at radius 1 is 1.31 bits per heavy atom. The molecular formula is C8H17NO2SSi. The molecule has 0 bridgehead atoms. The fourth-order valence-electron chi connectivity index (χ4n) is 1.10. The first kappa shape index (κ1) is 12.9. The minimum Gasteiger partial charge on any atom is -0.395 e. The van der Waals surface area contributed by atoms with Crippen LogP contribution < -0.4 is 0 Å². The van der Waals surface area contributed by atoms with Crippen molar-refractivity contribution in [3.05, 3.63) is 0 Å². The molecule has 0 saturated heterocycles. The lowest BCUT2D eigenvalue weighted by Crippen LogP contribution is -2.39. The number of rotatable bonds is 7. The topological polar surface area (TPSA) is 30.8 Å². The molecule has 0 N–H and O–H groups in total. The average Bonchev–Trinajstić information content (AvgIpc) is 2.05. The maximum Gasteiger partial charge on any atom is 0.336 e. The molecule has 0 aliphatic heterocycles. The maximum atomic E-state index is 5.61. The van der Waals surface area contributed by atoms with E-state index in [-0.39, 0.29) is 0 Å². The van der Waals surface area contributed by atoms with E-state index in [0.717, 1.165) is 6.04 Å². The fourth-order valence-corrected chi connectivity index (χ4v) is 3.30. The van der Waals surface area contributed by atoms with E-state index >= 15 is 0 Å². The molecule has 0 atom stereocenters. The van der Waals surface area contributed by atoms with Gasteiger partial charge in [0.1, 0.15) is 0 Å². The molecule has 0 aliphatic rings. The van der Waals surface area contributed by atoms with Crippen molar-refractivity contribution in [2.24, 2.45) is 4.99 Å².